The van der Waals surface area contributed by atoms with E-state index in [4.69, 9.17) is 4.74 Å². The second kappa shape index (κ2) is 5.75. The lowest BCUT2D eigenvalue weighted by atomic mass is 10.0. The van der Waals surface area contributed by atoms with Crippen LogP contribution in [0.3, 0.4) is 0 Å². The zero-order chi connectivity index (χ0) is 13.1. The third kappa shape index (κ3) is 2.86. The van der Waals surface area contributed by atoms with Crippen LogP contribution >= 0.6 is 0 Å². The normalized spacial score (nSPS) is 23.3. The maximum Gasteiger partial charge on any atom is 0.125 e. The van der Waals surface area contributed by atoms with Crippen LogP contribution in [0.25, 0.3) is 0 Å². The first-order chi connectivity index (χ1) is 8.61. The summed E-state index contributed by atoms with van der Waals surface area (Å²) in [5.41, 5.74) is 3.85. The van der Waals surface area contributed by atoms with Gasteiger partial charge in [-0.1, -0.05) is 17.7 Å². The summed E-state index contributed by atoms with van der Waals surface area (Å²) in [5, 5.41) is 3.28. The Hall–Kier alpha value is -1.02. The largest absolute Gasteiger partial charge is 0.490 e. The van der Waals surface area contributed by atoms with Crippen molar-refractivity contribution in [3.8, 4) is 5.75 Å². The SMILES string of the molecule is CNCC1CCCC1Oc1c(C)cc(C)cc1C. The van der Waals surface area contributed by atoms with Gasteiger partial charge in [-0.05, 0) is 58.2 Å². The highest BCUT2D eigenvalue weighted by atomic mass is 16.5. The number of hydrogen-bond acceptors (Lipinski definition) is 2. The lowest BCUT2D eigenvalue weighted by Crippen LogP contribution is -2.29. The summed E-state index contributed by atoms with van der Waals surface area (Å²) in [6.07, 6.45) is 4.16. The van der Waals surface area contributed by atoms with Gasteiger partial charge in [-0.15, -0.1) is 0 Å². The van der Waals surface area contributed by atoms with Crippen molar-refractivity contribution in [3.05, 3.63) is 28.8 Å². The minimum Gasteiger partial charge on any atom is -0.490 e. The van der Waals surface area contributed by atoms with Gasteiger partial charge in [0.15, 0.2) is 0 Å². The summed E-state index contributed by atoms with van der Waals surface area (Å²) in [6, 6.07) is 4.43. The molecular weight excluding hydrogens is 222 g/mol. The van der Waals surface area contributed by atoms with Crippen LogP contribution in [-0.2, 0) is 0 Å². The standard InChI is InChI=1S/C16H25NO/c1-11-8-12(2)16(13(3)9-11)18-15-7-5-6-14(15)10-17-4/h8-9,14-15,17H,5-7,10H2,1-4H3. The fourth-order valence-corrected chi connectivity index (χ4v) is 3.16. The van der Waals surface area contributed by atoms with Crippen molar-refractivity contribution >= 4 is 0 Å². The van der Waals surface area contributed by atoms with Gasteiger partial charge >= 0.3 is 0 Å². The summed E-state index contributed by atoms with van der Waals surface area (Å²) in [7, 11) is 2.03. The van der Waals surface area contributed by atoms with Gasteiger partial charge in [0.1, 0.15) is 11.9 Å². The van der Waals surface area contributed by atoms with Gasteiger partial charge < -0.3 is 10.1 Å². The summed E-state index contributed by atoms with van der Waals surface area (Å²) < 4.78 is 6.32. The topological polar surface area (TPSA) is 21.3 Å². The molecule has 1 aliphatic rings. The van der Waals surface area contributed by atoms with Crippen LogP contribution in [-0.4, -0.2) is 19.7 Å². The average molecular weight is 247 g/mol. The molecule has 0 heterocycles. The predicted molar refractivity (Wildman–Crippen MR) is 76.3 cm³/mol. The smallest absolute Gasteiger partial charge is 0.125 e. The highest BCUT2D eigenvalue weighted by Crippen LogP contribution is 2.33. The lowest BCUT2D eigenvalue weighted by molar-refractivity contribution is 0.156. The fourth-order valence-electron chi connectivity index (χ4n) is 3.16. The predicted octanol–water partition coefficient (Wildman–Crippen LogP) is 3.38. The van der Waals surface area contributed by atoms with Crippen LogP contribution in [0.5, 0.6) is 5.75 Å². The monoisotopic (exact) mass is 247 g/mol. The van der Waals surface area contributed by atoms with Gasteiger partial charge in [-0.25, -0.2) is 0 Å². The maximum absolute atomic E-state index is 6.32. The fraction of sp³-hybridized carbons (Fsp3) is 0.625. The molecule has 2 heteroatoms. The van der Waals surface area contributed by atoms with Gasteiger partial charge in [0.2, 0.25) is 0 Å². The second-order valence-corrected chi connectivity index (χ2v) is 5.63. The third-order valence-corrected chi connectivity index (χ3v) is 3.93. The second-order valence-electron chi connectivity index (χ2n) is 5.63. The van der Waals surface area contributed by atoms with Crippen LogP contribution in [0.2, 0.25) is 0 Å². The van der Waals surface area contributed by atoms with E-state index in [0.29, 0.717) is 12.0 Å². The number of nitrogens with one attached hydrogen (secondary N) is 1. The molecule has 0 radical (unpaired) electrons. The maximum atomic E-state index is 6.32. The van der Waals surface area contributed by atoms with Crippen molar-refractivity contribution in [3.63, 3.8) is 0 Å². The van der Waals surface area contributed by atoms with Crippen LogP contribution < -0.4 is 10.1 Å². The molecule has 100 valence electrons. The molecule has 2 nitrogen and oxygen atoms in total. The Kier molecular flexibility index (Phi) is 4.28. The number of benzene rings is 1. The Morgan fingerprint density at radius 1 is 1.17 bits per heavy atom. The molecule has 18 heavy (non-hydrogen) atoms. The molecule has 1 aromatic rings. The first-order valence-corrected chi connectivity index (χ1v) is 7.01. The summed E-state index contributed by atoms with van der Waals surface area (Å²) in [6.45, 7) is 7.51. The minimum atomic E-state index is 0.387. The van der Waals surface area contributed by atoms with Crippen molar-refractivity contribution in [2.75, 3.05) is 13.6 Å². The number of rotatable bonds is 4. The first kappa shape index (κ1) is 13.4. The third-order valence-electron chi connectivity index (χ3n) is 3.93. The Morgan fingerprint density at radius 3 is 2.44 bits per heavy atom. The molecule has 2 unspecified atom stereocenters. The summed E-state index contributed by atoms with van der Waals surface area (Å²) >= 11 is 0. The Balaban J connectivity index is 2.14. The van der Waals surface area contributed by atoms with E-state index in [9.17, 15) is 0 Å². The quantitative estimate of drug-likeness (QED) is 0.880. The number of hydrogen-bond donors (Lipinski definition) is 1. The molecule has 2 rings (SSSR count). The van der Waals surface area contributed by atoms with Gasteiger partial charge in [0, 0.05) is 12.5 Å². The minimum absolute atomic E-state index is 0.387. The zero-order valence-corrected chi connectivity index (χ0v) is 12.0. The van der Waals surface area contributed by atoms with Gasteiger partial charge in [-0.3, -0.25) is 0 Å². The molecule has 0 spiro atoms. The van der Waals surface area contributed by atoms with Gasteiger partial charge in [0.25, 0.3) is 0 Å². The van der Waals surface area contributed by atoms with E-state index >= 15 is 0 Å². The Bertz CT molecular complexity index is 391. The van der Waals surface area contributed by atoms with Crippen molar-refractivity contribution in [1.29, 1.82) is 0 Å². The highest BCUT2D eigenvalue weighted by molar-refractivity contribution is 5.43. The molecule has 0 aliphatic heterocycles. The average Bonchev–Trinajstić information content (AvgIpc) is 2.71. The van der Waals surface area contributed by atoms with Crippen molar-refractivity contribution in [2.24, 2.45) is 5.92 Å². The van der Waals surface area contributed by atoms with Crippen LogP contribution in [0.1, 0.15) is 36.0 Å². The van der Waals surface area contributed by atoms with Gasteiger partial charge in [0.05, 0.1) is 0 Å². The van der Waals surface area contributed by atoms with Crippen LogP contribution in [0.4, 0.5) is 0 Å². The van der Waals surface area contributed by atoms with E-state index in [1.165, 1.54) is 36.0 Å². The Morgan fingerprint density at radius 2 is 1.83 bits per heavy atom. The molecule has 1 fully saturated rings. The first-order valence-electron chi connectivity index (χ1n) is 7.01. The number of aryl methyl sites for hydroxylation is 3. The van der Waals surface area contributed by atoms with Crippen LogP contribution in [0, 0.1) is 26.7 Å². The van der Waals surface area contributed by atoms with E-state index in [1.807, 2.05) is 7.05 Å². The van der Waals surface area contributed by atoms with Crippen molar-refractivity contribution in [1.82, 2.24) is 5.32 Å². The van der Waals surface area contributed by atoms with E-state index < -0.39 is 0 Å². The molecule has 1 aliphatic carbocycles. The van der Waals surface area contributed by atoms with E-state index in [0.717, 1.165) is 12.3 Å². The summed E-state index contributed by atoms with van der Waals surface area (Å²) in [4.78, 5) is 0. The molecule has 0 saturated heterocycles. The van der Waals surface area contributed by atoms with E-state index in [1.54, 1.807) is 0 Å². The van der Waals surface area contributed by atoms with Crippen molar-refractivity contribution < 1.29 is 4.74 Å². The summed E-state index contributed by atoms with van der Waals surface area (Å²) in [5.74, 6) is 1.77. The van der Waals surface area contributed by atoms with E-state index in [2.05, 4.69) is 38.2 Å². The molecule has 1 aromatic carbocycles. The lowest BCUT2D eigenvalue weighted by Gasteiger charge is -2.23. The Labute approximate surface area is 111 Å². The van der Waals surface area contributed by atoms with Gasteiger partial charge in [-0.2, -0.15) is 0 Å². The molecule has 0 amide bonds. The highest BCUT2D eigenvalue weighted by Gasteiger charge is 2.29. The molecule has 1 saturated carbocycles. The molecule has 0 bridgehead atoms. The van der Waals surface area contributed by atoms with Crippen LogP contribution in [0.15, 0.2) is 12.1 Å². The zero-order valence-electron chi connectivity index (χ0n) is 12.0. The molecule has 1 N–H and O–H groups in total. The molecular formula is C16H25NO. The van der Waals surface area contributed by atoms with E-state index in [-0.39, 0.29) is 0 Å². The van der Waals surface area contributed by atoms with Crippen molar-refractivity contribution in [2.45, 2.75) is 46.1 Å². The molecule has 0 aromatic heterocycles. The number of ether oxygens (including phenoxy) is 1. The molecule has 2 atom stereocenters.